The minimum atomic E-state index is 0.0208. The molecule has 0 aromatic heterocycles. The molecule has 0 spiro atoms. The van der Waals surface area contributed by atoms with E-state index in [-0.39, 0.29) is 19.1 Å². The first kappa shape index (κ1) is 20.5. The number of amides is 1. The Hall–Kier alpha value is -3.38. The van der Waals surface area contributed by atoms with E-state index < -0.39 is 0 Å². The molecule has 164 valence electrons. The number of rotatable bonds is 4. The van der Waals surface area contributed by atoms with Crippen LogP contribution in [-0.4, -0.2) is 37.9 Å². The van der Waals surface area contributed by atoms with Crippen molar-refractivity contribution in [2.75, 3.05) is 27.1 Å². The van der Waals surface area contributed by atoms with Crippen molar-refractivity contribution in [1.82, 2.24) is 4.90 Å². The first-order chi connectivity index (χ1) is 15.6. The smallest absolute Gasteiger partial charge is 0.231 e. The molecule has 2 aliphatic rings. The number of carbonyl (C=O) groups excluding carboxylic acids is 1. The number of fused-ring (bicyclic) bond motifs is 2. The van der Waals surface area contributed by atoms with E-state index in [1.165, 1.54) is 0 Å². The summed E-state index contributed by atoms with van der Waals surface area (Å²) in [4.78, 5) is 15.0. The fraction of sp³-hybridized carbons (Fsp3) is 0.240. The molecule has 0 fully saturated rings. The number of hydrogen-bond donors (Lipinski definition) is 0. The van der Waals surface area contributed by atoms with Gasteiger partial charge in [-0.25, -0.2) is 0 Å². The first-order valence-corrected chi connectivity index (χ1v) is 10.7. The third-order valence-corrected chi connectivity index (χ3v) is 5.86. The van der Waals surface area contributed by atoms with E-state index >= 15 is 0 Å². The summed E-state index contributed by atoms with van der Waals surface area (Å²) >= 11 is 6.19. The predicted octanol–water partition coefficient (Wildman–Crippen LogP) is 4.71. The average Bonchev–Trinajstić information content (AvgIpc) is 3.15. The summed E-state index contributed by atoms with van der Waals surface area (Å²) in [5.74, 6) is 2.72. The molecule has 2 heterocycles. The van der Waals surface area contributed by atoms with E-state index in [2.05, 4.69) is 0 Å². The highest BCUT2D eigenvalue weighted by Crippen LogP contribution is 2.39. The lowest BCUT2D eigenvalue weighted by Gasteiger charge is -2.20. The Labute approximate surface area is 191 Å². The molecule has 0 atom stereocenters. The normalized spacial score (nSPS) is 14.4. The molecular weight excluding hydrogens is 430 g/mol. The SMILES string of the molecule is COc1cc(-c2cccc(Cl)c2)cc2c1OCCN(C(=O)Cc1ccc3c(c1)OCO3)C2. The van der Waals surface area contributed by atoms with Crippen LogP contribution in [0, 0.1) is 0 Å². The molecule has 0 bridgehead atoms. The van der Waals surface area contributed by atoms with Gasteiger partial charge in [0.1, 0.15) is 6.61 Å². The van der Waals surface area contributed by atoms with Gasteiger partial charge in [-0.3, -0.25) is 4.79 Å². The second kappa shape index (κ2) is 8.63. The number of methoxy groups -OCH3 is 1. The van der Waals surface area contributed by atoms with Crippen LogP contribution in [0.1, 0.15) is 11.1 Å². The van der Waals surface area contributed by atoms with Crippen molar-refractivity contribution in [3.63, 3.8) is 0 Å². The summed E-state index contributed by atoms with van der Waals surface area (Å²) in [6.45, 7) is 1.54. The summed E-state index contributed by atoms with van der Waals surface area (Å²) in [5.41, 5.74) is 3.71. The lowest BCUT2D eigenvalue weighted by Crippen LogP contribution is -2.33. The maximum absolute atomic E-state index is 13.1. The van der Waals surface area contributed by atoms with Gasteiger partial charge in [-0.1, -0.05) is 29.8 Å². The predicted molar refractivity (Wildman–Crippen MR) is 121 cm³/mol. The topological polar surface area (TPSA) is 57.2 Å². The van der Waals surface area contributed by atoms with Gasteiger partial charge in [-0.2, -0.15) is 0 Å². The maximum Gasteiger partial charge on any atom is 0.231 e. The third kappa shape index (κ3) is 4.06. The third-order valence-electron chi connectivity index (χ3n) is 5.62. The van der Waals surface area contributed by atoms with Gasteiger partial charge in [-0.05, 0) is 53.1 Å². The quantitative estimate of drug-likeness (QED) is 0.575. The van der Waals surface area contributed by atoms with Gasteiger partial charge >= 0.3 is 0 Å². The summed E-state index contributed by atoms with van der Waals surface area (Å²) in [5, 5.41) is 0.660. The minimum absolute atomic E-state index is 0.0208. The van der Waals surface area contributed by atoms with E-state index in [0.717, 1.165) is 22.3 Å². The summed E-state index contributed by atoms with van der Waals surface area (Å²) in [6.07, 6.45) is 0.275. The number of nitrogens with zero attached hydrogens (tertiary/aromatic N) is 1. The van der Waals surface area contributed by atoms with Crippen molar-refractivity contribution in [3.05, 3.63) is 70.7 Å². The molecule has 0 N–H and O–H groups in total. The first-order valence-electron chi connectivity index (χ1n) is 10.4. The summed E-state index contributed by atoms with van der Waals surface area (Å²) in [7, 11) is 1.62. The van der Waals surface area contributed by atoms with Crippen molar-refractivity contribution in [3.8, 4) is 34.1 Å². The molecule has 0 unspecified atom stereocenters. The fourth-order valence-electron chi connectivity index (χ4n) is 4.02. The van der Waals surface area contributed by atoms with Crippen LogP contribution in [-0.2, 0) is 17.8 Å². The van der Waals surface area contributed by atoms with Crippen LogP contribution in [0.2, 0.25) is 5.02 Å². The zero-order valence-electron chi connectivity index (χ0n) is 17.6. The molecule has 0 aliphatic carbocycles. The number of ether oxygens (including phenoxy) is 4. The Morgan fingerprint density at radius 1 is 1.03 bits per heavy atom. The van der Waals surface area contributed by atoms with Gasteiger partial charge in [0.15, 0.2) is 23.0 Å². The maximum atomic E-state index is 13.1. The monoisotopic (exact) mass is 451 g/mol. The largest absolute Gasteiger partial charge is 0.493 e. The second-order valence-corrected chi connectivity index (χ2v) is 8.14. The van der Waals surface area contributed by atoms with Crippen LogP contribution in [0.25, 0.3) is 11.1 Å². The molecule has 5 rings (SSSR count). The highest BCUT2D eigenvalue weighted by atomic mass is 35.5. The lowest BCUT2D eigenvalue weighted by atomic mass is 10.0. The minimum Gasteiger partial charge on any atom is -0.493 e. The van der Waals surface area contributed by atoms with Crippen LogP contribution in [0.15, 0.2) is 54.6 Å². The highest BCUT2D eigenvalue weighted by Gasteiger charge is 2.24. The van der Waals surface area contributed by atoms with Gasteiger partial charge in [0.25, 0.3) is 0 Å². The Morgan fingerprint density at radius 2 is 1.91 bits per heavy atom. The lowest BCUT2D eigenvalue weighted by molar-refractivity contribution is -0.131. The molecule has 1 amide bonds. The molecule has 0 saturated heterocycles. The molecule has 6 nitrogen and oxygen atoms in total. The van der Waals surface area contributed by atoms with Crippen LogP contribution >= 0.6 is 11.6 Å². The standard InChI is InChI=1S/C25H22ClNO5/c1-29-23-13-18(17-3-2-4-20(26)12-17)11-19-14-27(7-8-30-25(19)23)24(28)10-16-5-6-21-22(9-16)32-15-31-21/h2-6,9,11-13H,7-8,10,14-15H2,1H3. The van der Waals surface area contributed by atoms with Gasteiger partial charge in [0.2, 0.25) is 12.7 Å². The number of carbonyl (C=O) groups is 1. The zero-order chi connectivity index (χ0) is 22.1. The van der Waals surface area contributed by atoms with Crippen molar-refractivity contribution < 1.29 is 23.7 Å². The molecule has 2 aliphatic heterocycles. The molecular formula is C25H22ClNO5. The number of hydrogen-bond acceptors (Lipinski definition) is 5. The van der Waals surface area contributed by atoms with Crippen molar-refractivity contribution >= 4 is 17.5 Å². The average molecular weight is 452 g/mol. The van der Waals surface area contributed by atoms with E-state index in [9.17, 15) is 4.79 Å². The molecule has 7 heteroatoms. The van der Waals surface area contributed by atoms with Crippen molar-refractivity contribution in [2.45, 2.75) is 13.0 Å². The van der Waals surface area contributed by atoms with E-state index in [1.54, 1.807) is 7.11 Å². The zero-order valence-corrected chi connectivity index (χ0v) is 18.4. The van der Waals surface area contributed by atoms with Crippen LogP contribution < -0.4 is 18.9 Å². The van der Waals surface area contributed by atoms with E-state index in [0.29, 0.717) is 47.7 Å². The van der Waals surface area contributed by atoms with Crippen molar-refractivity contribution in [1.29, 1.82) is 0 Å². The molecule has 3 aromatic rings. The van der Waals surface area contributed by atoms with Gasteiger partial charge < -0.3 is 23.8 Å². The number of halogens is 1. The van der Waals surface area contributed by atoms with Crippen molar-refractivity contribution in [2.24, 2.45) is 0 Å². The Kier molecular flexibility index (Phi) is 5.53. The summed E-state index contributed by atoms with van der Waals surface area (Å²) in [6, 6.07) is 17.2. The fourth-order valence-corrected chi connectivity index (χ4v) is 4.21. The van der Waals surface area contributed by atoms with Crippen LogP contribution in [0.4, 0.5) is 0 Å². The van der Waals surface area contributed by atoms with E-state index in [1.807, 2.05) is 59.5 Å². The molecule has 3 aromatic carbocycles. The molecule has 0 radical (unpaired) electrons. The Bertz CT molecular complexity index is 1180. The molecule has 0 saturated carbocycles. The Morgan fingerprint density at radius 3 is 2.75 bits per heavy atom. The summed E-state index contributed by atoms with van der Waals surface area (Å²) < 4.78 is 22.4. The molecule has 32 heavy (non-hydrogen) atoms. The van der Waals surface area contributed by atoms with Gasteiger partial charge in [0.05, 0.1) is 20.1 Å². The van der Waals surface area contributed by atoms with Crippen LogP contribution in [0.3, 0.4) is 0 Å². The Balaban J connectivity index is 1.41. The number of benzene rings is 3. The van der Waals surface area contributed by atoms with Gasteiger partial charge in [0, 0.05) is 17.1 Å². The van der Waals surface area contributed by atoms with Gasteiger partial charge in [-0.15, -0.1) is 0 Å². The van der Waals surface area contributed by atoms with E-state index in [4.69, 9.17) is 30.5 Å². The van der Waals surface area contributed by atoms with Crippen LogP contribution in [0.5, 0.6) is 23.0 Å². The second-order valence-electron chi connectivity index (χ2n) is 7.71. The highest BCUT2D eigenvalue weighted by molar-refractivity contribution is 6.30.